The first-order valence-electron chi connectivity index (χ1n) is 8.71. The molecule has 1 aliphatic heterocycles. The van der Waals surface area contributed by atoms with Crippen molar-refractivity contribution in [3.05, 3.63) is 90.5 Å². The predicted octanol–water partition coefficient (Wildman–Crippen LogP) is -0.533. The summed E-state index contributed by atoms with van der Waals surface area (Å²) in [5, 5.41) is 10.4. The molecule has 1 aliphatic rings. The monoisotopic (exact) mass is 393 g/mol. The maximum Gasteiger partial charge on any atom is 0.221 e. The first kappa shape index (κ1) is 19.4. The average molecular weight is 394 g/mol. The highest BCUT2D eigenvalue weighted by molar-refractivity contribution is 5.99. The highest BCUT2D eigenvalue weighted by Gasteiger charge is 2.32. The molecule has 0 saturated carbocycles. The van der Waals surface area contributed by atoms with Crippen LogP contribution in [0.4, 0.5) is 17.1 Å². The van der Waals surface area contributed by atoms with Gasteiger partial charge in [0.25, 0.3) is 0 Å². The van der Waals surface area contributed by atoms with Crippen molar-refractivity contribution >= 4 is 28.8 Å². The number of rotatable bonds is 4. The lowest BCUT2D eigenvalue weighted by Crippen LogP contribution is -3.10. The molecular weight excluding hydrogens is 374 g/mol. The molecule has 3 aromatic carbocycles. The highest BCUT2D eigenvalue weighted by Crippen LogP contribution is 2.17. The Morgan fingerprint density at radius 1 is 0.929 bits per heavy atom. The summed E-state index contributed by atoms with van der Waals surface area (Å²) in [4.78, 5) is 11.2. The summed E-state index contributed by atoms with van der Waals surface area (Å²) < 4.78 is 0. The van der Waals surface area contributed by atoms with E-state index in [1.807, 2.05) is 90.0 Å². The summed E-state index contributed by atoms with van der Waals surface area (Å²) in [6, 6.07) is 27.7. The summed E-state index contributed by atoms with van der Waals surface area (Å²) in [5.41, 5.74) is 7.11. The van der Waals surface area contributed by atoms with Crippen molar-refractivity contribution in [1.29, 1.82) is 0 Å². The largest absolute Gasteiger partial charge is 1.00 e. The fraction of sp³-hybridized carbons (Fsp3) is 0.0476. The number of quaternary nitrogens is 1. The molecule has 0 fully saturated rings. The van der Waals surface area contributed by atoms with Crippen molar-refractivity contribution in [1.82, 2.24) is 5.43 Å². The van der Waals surface area contributed by atoms with E-state index in [0.29, 0.717) is 0 Å². The quantitative estimate of drug-likeness (QED) is 0.558. The molecule has 0 aliphatic carbocycles. The van der Waals surface area contributed by atoms with E-state index in [1.54, 1.807) is 0 Å². The summed E-state index contributed by atoms with van der Waals surface area (Å²) >= 11 is 0. The molecule has 0 saturated heterocycles. The van der Waals surface area contributed by atoms with Gasteiger partial charge in [-0.3, -0.25) is 4.79 Å². The second kappa shape index (κ2) is 8.56. The highest BCUT2D eigenvalue weighted by atomic mass is 35.5. The van der Waals surface area contributed by atoms with E-state index in [1.165, 1.54) is 6.92 Å². The zero-order chi connectivity index (χ0) is 18.6. The topological polar surface area (TPSA) is 61.2 Å². The molecule has 0 aromatic heterocycles. The molecule has 1 amide bonds. The molecule has 28 heavy (non-hydrogen) atoms. The average Bonchev–Trinajstić information content (AvgIpc) is 3.15. The SMILES string of the molecule is CC(=O)Nc1ccc(N2NC(c3ccccc3)=N[NH+]2c2ccccc2)cc1.[Cl-]. The van der Waals surface area contributed by atoms with Gasteiger partial charge >= 0.3 is 0 Å². The summed E-state index contributed by atoms with van der Waals surface area (Å²) in [6.45, 7) is 1.50. The lowest BCUT2D eigenvalue weighted by atomic mass is 10.2. The third kappa shape index (κ3) is 4.14. The van der Waals surface area contributed by atoms with Gasteiger partial charge in [-0.15, -0.1) is 0 Å². The van der Waals surface area contributed by atoms with Gasteiger partial charge in [0.2, 0.25) is 11.7 Å². The van der Waals surface area contributed by atoms with Crippen LogP contribution in [0.25, 0.3) is 0 Å². The number of hydrogen-bond donors (Lipinski definition) is 3. The van der Waals surface area contributed by atoms with Crippen LogP contribution in [0, 0.1) is 0 Å². The Bertz CT molecular complexity index is 961. The van der Waals surface area contributed by atoms with Gasteiger partial charge in [-0.2, -0.15) is 0 Å². The van der Waals surface area contributed by atoms with E-state index in [4.69, 9.17) is 5.10 Å². The van der Waals surface area contributed by atoms with Gasteiger partial charge in [-0.25, -0.2) is 5.43 Å². The normalized spacial score (nSPS) is 15.2. The summed E-state index contributed by atoms with van der Waals surface area (Å²) in [6.07, 6.45) is 0. The van der Waals surface area contributed by atoms with Crippen LogP contribution < -0.4 is 33.4 Å². The smallest absolute Gasteiger partial charge is 0.221 e. The molecule has 1 heterocycles. The maximum atomic E-state index is 11.2. The van der Waals surface area contributed by atoms with E-state index < -0.39 is 0 Å². The molecule has 0 radical (unpaired) electrons. The minimum Gasteiger partial charge on any atom is -1.00 e. The van der Waals surface area contributed by atoms with Crippen molar-refractivity contribution < 1.29 is 22.3 Å². The van der Waals surface area contributed by atoms with Crippen LogP contribution >= 0.6 is 0 Å². The fourth-order valence-corrected chi connectivity index (χ4v) is 2.93. The van der Waals surface area contributed by atoms with E-state index >= 15 is 0 Å². The second-order valence-electron chi connectivity index (χ2n) is 6.19. The Morgan fingerprint density at radius 3 is 2.14 bits per heavy atom. The van der Waals surface area contributed by atoms with Gasteiger partial charge in [0.1, 0.15) is 5.69 Å². The third-order valence-electron chi connectivity index (χ3n) is 4.17. The fourth-order valence-electron chi connectivity index (χ4n) is 2.93. The molecule has 1 atom stereocenters. The first-order valence-corrected chi connectivity index (χ1v) is 8.71. The Labute approximate surface area is 169 Å². The maximum absolute atomic E-state index is 11.2. The number of nitrogens with one attached hydrogen (secondary N) is 3. The number of amides is 1. The number of nitrogens with zero attached hydrogens (tertiary/aromatic N) is 2. The number of halogens is 1. The van der Waals surface area contributed by atoms with Crippen LogP contribution in [0.3, 0.4) is 0 Å². The van der Waals surface area contributed by atoms with E-state index in [0.717, 1.165) is 33.6 Å². The molecule has 0 bridgehead atoms. The van der Waals surface area contributed by atoms with Gasteiger partial charge in [0.05, 0.1) is 0 Å². The Balaban J connectivity index is 0.00000225. The van der Waals surface area contributed by atoms with Crippen molar-refractivity contribution in [2.24, 2.45) is 5.10 Å². The predicted molar refractivity (Wildman–Crippen MR) is 106 cm³/mol. The van der Waals surface area contributed by atoms with Crippen LogP contribution in [-0.2, 0) is 4.79 Å². The van der Waals surface area contributed by atoms with Crippen LogP contribution in [-0.4, -0.2) is 11.7 Å². The number of benzene rings is 3. The standard InChI is InChI=1S/C21H19N5O.ClH/c1-16(27)22-18-12-14-20(15-13-18)26-24-21(17-8-4-2-5-9-17)23-25(26)19-10-6-3-7-11-19;/h2-15H,1H3,(H,22,27)(H,23,24);1H. The number of hydrazine groups is 1. The van der Waals surface area contributed by atoms with Crippen molar-refractivity contribution in [2.45, 2.75) is 6.92 Å². The first-order chi connectivity index (χ1) is 13.2. The van der Waals surface area contributed by atoms with Crippen LogP contribution in [0.5, 0.6) is 0 Å². The Hall–Kier alpha value is -3.35. The molecule has 1 unspecified atom stereocenters. The minimum absolute atomic E-state index is 0. The number of anilines is 2. The van der Waals surface area contributed by atoms with E-state index in [9.17, 15) is 4.79 Å². The Kier molecular flexibility index (Phi) is 5.93. The molecule has 6 nitrogen and oxygen atoms in total. The molecule has 0 spiro atoms. The van der Waals surface area contributed by atoms with Crippen molar-refractivity contribution in [3.8, 4) is 0 Å². The van der Waals surface area contributed by atoms with Crippen molar-refractivity contribution in [2.75, 3.05) is 10.4 Å². The van der Waals surface area contributed by atoms with Gasteiger partial charge < -0.3 is 17.7 Å². The molecule has 4 rings (SSSR count). The van der Waals surface area contributed by atoms with Crippen LogP contribution in [0.2, 0.25) is 0 Å². The second-order valence-corrected chi connectivity index (χ2v) is 6.19. The minimum atomic E-state index is -0.0896. The zero-order valence-electron chi connectivity index (χ0n) is 15.3. The number of carbonyl (C=O) groups excluding carboxylic acids is 1. The van der Waals surface area contributed by atoms with Crippen molar-refractivity contribution in [3.63, 3.8) is 0 Å². The van der Waals surface area contributed by atoms with E-state index in [-0.39, 0.29) is 18.3 Å². The lowest BCUT2D eigenvalue weighted by Gasteiger charge is -2.21. The zero-order valence-corrected chi connectivity index (χ0v) is 16.0. The van der Waals surface area contributed by atoms with Gasteiger partial charge in [0.15, 0.2) is 5.69 Å². The molecule has 3 N–H and O–H groups in total. The molecule has 7 heteroatoms. The molecule has 142 valence electrons. The van der Waals surface area contributed by atoms with Crippen LogP contribution in [0.15, 0.2) is 90.0 Å². The van der Waals surface area contributed by atoms with Gasteiger partial charge in [-0.1, -0.05) is 58.8 Å². The Morgan fingerprint density at radius 2 is 1.54 bits per heavy atom. The van der Waals surface area contributed by atoms with Gasteiger partial charge in [0, 0.05) is 30.3 Å². The number of hydrogen-bond acceptors (Lipinski definition) is 4. The number of carbonyl (C=O) groups is 1. The molecule has 3 aromatic rings. The van der Waals surface area contributed by atoms with Gasteiger partial charge in [-0.05, 0) is 29.4 Å². The number of amidine groups is 1. The summed E-state index contributed by atoms with van der Waals surface area (Å²) in [7, 11) is 0. The lowest BCUT2D eigenvalue weighted by molar-refractivity contribution is -0.846. The van der Waals surface area contributed by atoms with E-state index in [2.05, 4.69) is 10.7 Å². The third-order valence-corrected chi connectivity index (χ3v) is 4.17. The molecular formula is C21H20ClN5O. The summed E-state index contributed by atoms with van der Waals surface area (Å²) in [5.74, 6) is 0.702. The van der Waals surface area contributed by atoms with Crippen LogP contribution in [0.1, 0.15) is 12.5 Å².